The Hall–Kier alpha value is -2.11. The summed E-state index contributed by atoms with van der Waals surface area (Å²) in [6.07, 6.45) is 7.94. The molecule has 2 saturated heterocycles. The molecule has 8 heteroatoms. The van der Waals surface area contributed by atoms with Gasteiger partial charge in [-0.2, -0.15) is 5.26 Å². The lowest BCUT2D eigenvalue weighted by molar-refractivity contribution is -0.123. The first-order valence-corrected chi connectivity index (χ1v) is 12.8. The number of nitriles is 1. The lowest BCUT2D eigenvalue weighted by atomic mass is 10.0. The number of thioether (sulfide) groups is 1. The molecule has 172 valence electrons. The molecule has 2 fully saturated rings. The van der Waals surface area contributed by atoms with Crippen LogP contribution in [0.4, 0.5) is 5.82 Å². The van der Waals surface area contributed by atoms with Crippen molar-refractivity contribution in [2.24, 2.45) is 0 Å². The number of anilines is 1. The second-order valence-electron chi connectivity index (χ2n) is 8.52. The van der Waals surface area contributed by atoms with E-state index in [1.807, 2.05) is 33.8 Å². The Labute approximate surface area is 200 Å². The molecule has 0 spiro atoms. The fourth-order valence-corrected chi connectivity index (χ4v) is 5.82. The van der Waals surface area contributed by atoms with E-state index in [0.29, 0.717) is 21.3 Å². The van der Waals surface area contributed by atoms with Crippen molar-refractivity contribution in [1.82, 2.24) is 9.47 Å². The Morgan fingerprint density at radius 3 is 2.41 bits per heavy atom. The SMILES string of the molecule is CCCn1c(N2CCCCCC2)c(/C=C2/SC(=S)N(C(C)CC)C2=O)c(C)c(C#N)c1=O. The quantitative estimate of drug-likeness (QED) is 0.437. The lowest BCUT2D eigenvalue weighted by Gasteiger charge is -2.29. The zero-order chi connectivity index (χ0) is 23.4. The Kier molecular flexibility index (Phi) is 8.18. The van der Waals surface area contributed by atoms with E-state index >= 15 is 0 Å². The van der Waals surface area contributed by atoms with E-state index in [2.05, 4.69) is 11.0 Å². The fraction of sp³-hybridized carbons (Fsp3) is 0.583. The zero-order valence-corrected chi connectivity index (χ0v) is 21.1. The van der Waals surface area contributed by atoms with Crippen LogP contribution in [0.2, 0.25) is 0 Å². The van der Waals surface area contributed by atoms with Crippen LogP contribution in [0.1, 0.15) is 76.0 Å². The van der Waals surface area contributed by atoms with Gasteiger partial charge in [0.1, 0.15) is 21.8 Å². The van der Waals surface area contributed by atoms with E-state index in [0.717, 1.165) is 50.2 Å². The molecular formula is C24H32N4O2S2. The van der Waals surface area contributed by atoms with Crippen molar-refractivity contribution >= 4 is 46.1 Å². The van der Waals surface area contributed by atoms with E-state index in [9.17, 15) is 14.9 Å². The normalized spacial score (nSPS) is 19.4. The minimum atomic E-state index is -0.240. The summed E-state index contributed by atoms with van der Waals surface area (Å²) in [5.74, 6) is 0.742. The van der Waals surface area contributed by atoms with Gasteiger partial charge in [-0.1, -0.05) is 50.7 Å². The second kappa shape index (κ2) is 10.7. The summed E-state index contributed by atoms with van der Waals surface area (Å²) in [5.41, 5.74) is 1.34. The minimum absolute atomic E-state index is 0.0308. The second-order valence-corrected chi connectivity index (χ2v) is 10.2. The van der Waals surface area contributed by atoms with Gasteiger partial charge in [0.2, 0.25) is 0 Å². The number of carbonyl (C=O) groups is 1. The topological polar surface area (TPSA) is 69.3 Å². The van der Waals surface area contributed by atoms with Crippen LogP contribution in [-0.4, -0.2) is 38.8 Å². The number of amides is 1. The summed E-state index contributed by atoms with van der Waals surface area (Å²) in [5, 5.41) is 9.77. The first kappa shape index (κ1) is 24.5. The molecule has 1 unspecified atom stereocenters. The number of aromatic nitrogens is 1. The molecule has 1 atom stereocenters. The third kappa shape index (κ3) is 4.65. The molecule has 0 N–H and O–H groups in total. The van der Waals surface area contributed by atoms with E-state index < -0.39 is 0 Å². The molecule has 3 rings (SSSR count). The monoisotopic (exact) mass is 472 g/mol. The van der Waals surface area contributed by atoms with Gasteiger partial charge < -0.3 is 4.90 Å². The van der Waals surface area contributed by atoms with Crippen molar-refractivity contribution < 1.29 is 4.79 Å². The van der Waals surface area contributed by atoms with Crippen molar-refractivity contribution in [2.45, 2.75) is 78.8 Å². The highest BCUT2D eigenvalue weighted by Gasteiger charge is 2.35. The highest BCUT2D eigenvalue weighted by molar-refractivity contribution is 8.26. The Balaban J connectivity index is 2.24. The molecule has 32 heavy (non-hydrogen) atoms. The Morgan fingerprint density at radius 2 is 1.84 bits per heavy atom. The number of pyridine rings is 1. The summed E-state index contributed by atoms with van der Waals surface area (Å²) in [7, 11) is 0. The van der Waals surface area contributed by atoms with Gasteiger partial charge in [0, 0.05) is 31.2 Å². The van der Waals surface area contributed by atoms with Gasteiger partial charge in [-0.15, -0.1) is 0 Å². The van der Waals surface area contributed by atoms with Gasteiger partial charge in [0.15, 0.2) is 0 Å². The van der Waals surface area contributed by atoms with Crippen LogP contribution in [-0.2, 0) is 11.3 Å². The molecule has 0 aromatic carbocycles. The van der Waals surface area contributed by atoms with Gasteiger partial charge in [-0.25, -0.2) is 0 Å². The Bertz CT molecular complexity index is 1030. The van der Waals surface area contributed by atoms with Gasteiger partial charge in [0.05, 0.1) is 4.91 Å². The predicted molar refractivity (Wildman–Crippen MR) is 136 cm³/mol. The van der Waals surface area contributed by atoms with E-state index in [-0.39, 0.29) is 23.1 Å². The van der Waals surface area contributed by atoms with Gasteiger partial charge in [-0.05, 0) is 51.2 Å². The average molecular weight is 473 g/mol. The van der Waals surface area contributed by atoms with Crippen molar-refractivity contribution in [1.29, 1.82) is 5.26 Å². The highest BCUT2D eigenvalue weighted by atomic mass is 32.2. The molecule has 6 nitrogen and oxygen atoms in total. The van der Waals surface area contributed by atoms with Crippen LogP contribution in [0.15, 0.2) is 9.70 Å². The van der Waals surface area contributed by atoms with Crippen molar-refractivity contribution in [3.8, 4) is 6.07 Å². The van der Waals surface area contributed by atoms with Crippen LogP contribution >= 0.6 is 24.0 Å². The molecule has 0 radical (unpaired) electrons. The Morgan fingerprint density at radius 1 is 1.19 bits per heavy atom. The maximum absolute atomic E-state index is 13.2. The first-order chi connectivity index (χ1) is 15.3. The standard InChI is InChI=1S/C24H32N4O2S2/c1-5-11-27-21(26-12-9-7-8-10-13-26)18(17(4)19(15-25)22(27)29)14-20-23(30)28(16(3)6-2)24(31)32-20/h14,16H,5-13H2,1-4H3/b20-14+. The zero-order valence-electron chi connectivity index (χ0n) is 19.4. The minimum Gasteiger partial charge on any atom is -0.357 e. The van der Waals surface area contributed by atoms with Gasteiger partial charge in [-0.3, -0.25) is 19.1 Å². The third-order valence-corrected chi connectivity index (χ3v) is 7.66. The molecule has 1 amide bonds. The lowest BCUT2D eigenvalue weighted by Crippen LogP contribution is -2.36. The maximum Gasteiger partial charge on any atom is 0.270 e. The number of carbonyl (C=O) groups excluding carboxylic acids is 1. The van der Waals surface area contributed by atoms with E-state index in [1.54, 1.807) is 9.47 Å². The van der Waals surface area contributed by atoms with Gasteiger partial charge in [0.25, 0.3) is 11.5 Å². The molecule has 2 aliphatic heterocycles. The summed E-state index contributed by atoms with van der Waals surface area (Å²) >= 11 is 6.81. The summed E-state index contributed by atoms with van der Waals surface area (Å²) < 4.78 is 2.31. The smallest absolute Gasteiger partial charge is 0.270 e. The van der Waals surface area contributed by atoms with E-state index in [4.69, 9.17) is 12.2 Å². The van der Waals surface area contributed by atoms with Crippen LogP contribution in [0.5, 0.6) is 0 Å². The number of hydrogen-bond acceptors (Lipinski definition) is 6. The molecule has 1 aromatic rings. The molecule has 0 bridgehead atoms. The van der Waals surface area contributed by atoms with Crippen LogP contribution in [0, 0.1) is 18.3 Å². The average Bonchev–Trinajstić information content (AvgIpc) is 2.93. The number of hydrogen-bond donors (Lipinski definition) is 0. The first-order valence-electron chi connectivity index (χ1n) is 11.5. The molecule has 0 saturated carbocycles. The van der Waals surface area contributed by atoms with Crippen LogP contribution in [0.3, 0.4) is 0 Å². The number of thiocarbonyl (C=S) groups is 1. The third-order valence-electron chi connectivity index (χ3n) is 6.33. The van der Waals surface area contributed by atoms with Crippen LogP contribution < -0.4 is 10.5 Å². The fourth-order valence-electron chi connectivity index (χ4n) is 4.37. The maximum atomic E-state index is 13.2. The largest absolute Gasteiger partial charge is 0.357 e. The molecule has 1 aromatic heterocycles. The molecule has 2 aliphatic rings. The number of rotatable bonds is 6. The van der Waals surface area contributed by atoms with Crippen molar-refractivity contribution in [3.63, 3.8) is 0 Å². The molecule has 0 aliphatic carbocycles. The molecular weight excluding hydrogens is 440 g/mol. The predicted octanol–water partition coefficient (Wildman–Crippen LogP) is 4.82. The number of nitrogens with zero attached hydrogens (tertiary/aromatic N) is 4. The van der Waals surface area contributed by atoms with Gasteiger partial charge >= 0.3 is 0 Å². The summed E-state index contributed by atoms with van der Waals surface area (Å²) in [4.78, 5) is 31.0. The van der Waals surface area contributed by atoms with Crippen LogP contribution in [0.25, 0.3) is 6.08 Å². The van der Waals surface area contributed by atoms with E-state index in [1.165, 1.54) is 24.6 Å². The summed E-state index contributed by atoms with van der Waals surface area (Å²) in [6, 6.07) is 2.15. The summed E-state index contributed by atoms with van der Waals surface area (Å²) in [6.45, 7) is 10.1. The van der Waals surface area contributed by atoms with Crippen molar-refractivity contribution in [3.05, 3.63) is 31.9 Å². The molecule has 3 heterocycles. The van der Waals surface area contributed by atoms with Crippen molar-refractivity contribution in [2.75, 3.05) is 18.0 Å². The highest BCUT2D eigenvalue weighted by Crippen LogP contribution is 2.37.